The van der Waals surface area contributed by atoms with Crippen LogP contribution in [-0.4, -0.2) is 63.9 Å². The average molecular weight is 355 g/mol. The topological polar surface area (TPSA) is 64.3 Å². The highest BCUT2D eigenvalue weighted by atomic mass is 16.2. The SMILES string of the molecule is CC(C)(C)NC(=O)CN1CCN(Cc2cnc(-c3ccccc3)[nH]2)CC1. The molecule has 0 bridgehead atoms. The number of hydrogen-bond donors (Lipinski definition) is 2. The summed E-state index contributed by atoms with van der Waals surface area (Å²) in [6, 6.07) is 10.2. The van der Waals surface area contributed by atoms with E-state index in [0.29, 0.717) is 6.54 Å². The quantitative estimate of drug-likeness (QED) is 0.862. The Labute approximate surface area is 155 Å². The second-order valence-electron chi connectivity index (χ2n) is 7.97. The van der Waals surface area contributed by atoms with Gasteiger partial charge in [0, 0.05) is 55.7 Å². The fraction of sp³-hybridized carbons (Fsp3) is 0.500. The average Bonchev–Trinajstić information content (AvgIpc) is 3.04. The Morgan fingerprint density at radius 3 is 2.42 bits per heavy atom. The number of carbonyl (C=O) groups excluding carboxylic acids is 1. The molecule has 2 heterocycles. The summed E-state index contributed by atoms with van der Waals surface area (Å²) in [6.07, 6.45) is 1.92. The number of amides is 1. The van der Waals surface area contributed by atoms with Gasteiger partial charge < -0.3 is 10.3 Å². The first-order chi connectivity index (χ1) is 12.4. The second kappa shape index (κ2) is 8.01. The number of aromatic nitrogens is 2. The zero-order valence-corrected chi connectivity index (χ0v) is 16.0. The van der Waals surface area contributed by atoms with Crippen LogP contribution in [0.4, 0.5) is 0 Å². The molecule has 0 atom stereocenters. The van der Waals surface area contributed by atoms with Crippen molar-refractivity contribution in [3.8, 4) is 11.4 Å². The smallest absolute Gasteiger partial charge is 0.234 e. The summed E-state index contributed by atoms with van der Waals surface area (Å²) in [5, 5.41) is 3.03. The predicted molar refractivity (Wildman–Crippen MR) is 104 cm³/mol. The molecule has 2 aromatic rings. The standard InChI is InChI=1S/C20H29N5O/c1-20(2,3)23-18(26)15-25-11-9-24(10-12-25)14-17-13-21-19(22-17)16-7-5-4-6-8-16/h4-8,13H,9-12,14-15H2,1-3H3,(H,21,22)(H,23,26). The van der Waals surface area contributed by atoms with E-state index in [1.54, 1.807) is 0 Å². The summed E-state index contributed by atoms with van der Waals surface area (Å²) < 4.78 is 0. The highest BCUT2D eigenvalue weighted by Crippen LogP contribution is 2.16. The van der Waals surface area contributed by atoms with Crippen LogP contribution in [0.1, 0.15) is 26.5 Å². The molecule has 1 fully saturated rings. The Morgan fingerprint density at radius 1 is 1.12 bits per heavy atom. The molecule has 1 aromatic heterocycles. The van der Waals surface area contributed by atoms with Crippen molar-refractivity contribution < 1.29 is 4.79 Å². The van der Waals surface area contributed by atoms with E-state index in [9.17, 15) is 4.79 Å². The highest BCUT2D eigenvalue weighted by Gasteiger charge is 2.21. The minimum absolute atomic E-state index is 0.104. The maximum absolute atomic E-state index is 12.1. The lowest BCUT2D eigenvalue weighted by molar-refractivity contribution is -0.124. The Hall–Kier alpha value is -2.18. The lowest BCUT2D eigenvalue weighted by Gasteiger charge is -2.34. The molecule has 0 unspecified atom stereocenters. The molecule has 2 N–H and O–H groups in total. The van der Waals surface area contributed by atoms with E-state index in [4.69, 9.17) is 0 Å². The van der Waals surface area contributed by atoms with Crippen molar-refractivity contribution in [1.82, 2.24) is 25.1 Å². The van der Waals surface area contributed by atoms with E-state index in [-0.39, 0.29) is 11.4 Å². The largest absolute Gasteiger partial charge is 0.350 e. The second-order valence-corrected chi connectivity index (χ2v) is 7.97. The number of nitrogens with one attached hydrogen (secondary N) is 2. The number of carbonyl (C=O) groups is 1. The van der Waals surface area contributed by atoms with Crippen molar-refractivity contribution in [3.63, 3.8) is 0 Å². The van der Waals surface area contributed by atoms with Gasteiger partial charge in [0.15, 0.2) is 0 Å². The fourth-order valence-corrected chi connectivity index (χ4v) is 3.19. The zero-order valence-electron chi connectivity index (χ0n) is 16.0. The molecule has 0 aliphatic carbocycles. The summed E-state index contributed by atoms with van der Waals surface area (Å²) >= 11 is 0. The number of piperazine rings is 1. The molecular weight excluding hydrogens is 326 g/mol. The van der Waals surface area contributed by atoms with E-state index < -0.39 is 0 Å². The Balaban J connectivity index is 1.46. The predicted octanol–water partition coefficient (Wildman–Crippen LogP) is 2.11. The van der Waals surface area contributed by atoms with E-state index in [2.05, 4.69) is 37.2 Å². The molecule has 1 aliphatic rings. The third-order valence-corrected chi connectivity index (χ3v) is 4.42. The van der Waals surface area contributed by atoms with E-state index in [0.717, 1.165) is 49.8 Å². The van der Waals surface area contributed by atoms with Crippen LogP contribution in [-0.2, 0) is 11.3 Å². The van der Waals surface area contributed by atoms with Gasteiger partial charge in [-0.2, -0.15) is 0 Å². The van der Waals surface area contributed by atoms with Crippen molar-refractivity contribution >= 4 is 5.91 Å². The van der Waals surface area contributed by atoms with Crippen LogP contribution in [0.3, 0.4) is 0 Å². The van der Waals surface area contributed by atoms with Crippen molar-refractivity contribution in [1.29, 1.82) is 0 Å². The number of aromatic amines is 1. The van der Waals surface area contributed by atoms with Crippen molar-refractivity contribution in [2.24, 2.45) is 0 Å². The van der Waals surface area contributed by atoms with Crippen LogP contribution < -0.4 is 5.32 Å². The van der Waals surface area contributed by atoms with Gasteiger partial charge in [0.05, 0.1) is 6.54 Å². The summed E-state index contributed by atoms with van der Waals surface area (Å²) in [7, 11) is 0. The van der Waals surface area contributed by atoms with Crippen molar-refractivity contribution in [2.75, 3.05) is 32.7 Å². The first-order valence-electron chi connectivity index (χ1n) is 9.24. The lowest BCUT2D eigenvalue weighted by atomic mass is 10.1. The van der Waals surface area contributed by atoms with Gasteiger partial charge >= 0.3 is 0 Å². The molecule has 1 aromatic carbocycles. The number of H-pyrrole nitrogens is 1. The van der Waals surface area contributed by atoms with E-state index in [1.807, 2.05) is 45.2 Å². The Morgan fingerprint density at radius 2 is 1.77 bits per heavy atom. The van der Waals surface area contributed by atoms with E-state index in [1.165, 1.54) is 0 Å². The van der Waals surface area contributed by atoms with Crippen LogP contribution in [0, 0.1) is 0 Å². The minimum atomic E-state index is -0.171. The summed E-state index contributed by atoms with van der Waals surface area (Å²) in [5.74, 6) is 1.02. The minimum Gasteiger partial charge on any atom is -0.350 e. The summed E-state index contributed by atoms with van der Waals surface area (Å²) in [6.45, 7) is 11.1. The third-order valence-electron chi connectivity index (χ3n) is 4.42. The molecular formula is C20H29N5O. The molecule has 0 saturated carbocycles. The molecule has 1 aliphatic heterocycles. The van der Waals surface area contributed by atoms with Crippen molar-refractivity contribution in [3.05, 3.63) is 42.2 Å². The van der Waals surface area contributed by atoms with Crippen LogP contribution in [0.2, 0.25) is 0 Å². The first kappa shape index (κ1) is 18.6. The molecule has 0 spiro atoms. The maximum Gasteiger partial charge on any atom is 0.234 e. The van der Waals surface area contributed by atoms with Crippen LogP contribution in [0.15, 0.2) is 36.5 Å². The van der Waals surface area contributed by atoms with Gasteiger partial charge in [-0.05, 0) is 20.8 Å². The highest BCUT2D eigenvalue weighted by molar-refractivity contribution is 5.78. The monoisotopic (exact) mass is 355 g/mol. The molecule has 26 heavy (non-hydrogen) atoms. The maximum atomic E-state index is 12.1. The Kier molecular flexibility index (Phi) is 5.74. The normalized spacial score (nSPS) is 16.6. The number of benzene rings is 1. The van der Waals surface area contributed by atoms with Crippen LogP contribution in [0.5, 0.6) is 0 Å². The van der Waals surface area contributed by atoms with Gasteiger partial charge in [0.1, 0.15) is 5.82 Å². The van der Waals surface area contributed by atoms with E-state index >= 15 is 0 Å². The van der Waals surface area contributed by atoms with Crippen LogP contribution >= 0.6 is 0 Å². The number of rotatable bonds is 5. The summed E-state index contributed by atoms with van der Waals surface area (Å²) in [5.41, 5.74) is 2.06. The summed E-state index contributed by atoms with van der Waals surface area (Å²) in [4.78, 5) is 24.6. The van der Waals surface area contributed by atoms with Crippen LogP contribution in [0.25, 0.3) is 11.4 Å². The lowest BCUT2D eigenvalue weighted by Crippen LogP contribution is -2.51. The number of hydrogen-bond acceptors (Lipinski definition) is 4. The van der Waals surface area contributed by atoms with Gasteiger partial charge in [0.2, 0.25) is 5.91 Å². The molecule has 0 radical (unpaired) electrons. The fourth-order valence-electron chi connectivity index (χ4n) is 3.19. The molecule has 6 heteroatoms. The number of nitrogens with zero attached hydrogens (tertiary/aromatic N) is 3. The van der Waals surface area contributed by atoms with Gasteiger partial charge in [-0.15, -0.1) is 0 Å². The van der Waals surface area contributed by atoms with Crippen molar-refractivity contribution in [2.45, 2.75) is 32.9 Å². The first-order valence-corrected chi connectivity index (χ1v) is 9.24. The third kappa shape index (κ3) is 5.41. The molecule has 1 amide bonds. The van der Waals surface area contributed by atoms with Gasteiger partial charge in [-0.3, -0.25) is 14.6 Å². The van der Waals surface area contributed by atoms with Gasteiger partial charge in [-0.25, -0.2) is 4.98 Å². The molecule has 6 nitrogen and oxygen atoms in total. The molecule has 3 rings (SSSR count). The number of imidazole rings is 1. The molecule has 1 saturated heterocycles. The zero-order chi connectivity index (χ0) is 18.6. The Bertz CT molecular complexity index is 711. The van der Waals surface area contributed by atoms with Gasteiger partial charge in [-0.1, -0.05) is 30.3 Å². The van der Waals surface area contributed by atoms with Gasteiger partial charge in [0.25, 0.3) is 0 Å². The molecule has 140 valence electrons.